The van der Waals surface area contributed by atoms with E-state index in [1.807, 2.05) is 6.92 Å². The molecule has 0 saturated carbocycles. The third-order valence-corrected chi connectivity index (χ3v) is 2.71. The molecule has 1 aromatic carbocycles. The van der Waals surface area contributed by atoms with Gasteiger partial charge in [-0.2, -0.15) is 0 Å². The van der Waals surface area contributed by atoms with E-state index in [0.717, 1.165) is 6.07 Å². The van der Waals surface area contributed by atoms with E-state index in [1.165, 1.54) is 19.2 Å². The van der Waals surface area contributed by atoms with Crippen molar-refractivity contribution in [3.8, 4) is 0 Å². The summed E-state index contributed by atoms with van der Waals surface area (Å²) < 4.78 is 18.2. The standard InChI is InChI=1S/C13H13FN4O3/c1-3-10-16-11(18-17-10)12(19)15-9-6-7(13(20)21-2)4-5-8(9)14/h4-6H,3H2,1-2H3,(H,15,19)(H,16,17,18). The van der Waals surface area contributed by atoms with Gasteiger partial charge in [0.2, 0.25) is 5.82 Å². The summed E-state index contributed by atoms with van der Waals surface area (Å²) in [5.41, 5.74) is -0.0239. The number of aromatic amines is 1. The number of carbonyl (C=O) groups is 2. The van der Waals surface area contributed by atoms with Gasteiger partial charge in [-0.3, -0.25) is 9.89 Å². The van der Waals surface area contributed by atoms with E-state index in [0.29, 0.717) is 12.2 Å². The van der Waals surface area contributed by atoms with Crippen LogP contribution in [0.5, 0.6) is 0 Å². The summed E-state index contributed by atoms with van der Waals surface area (Å²) in [5, 5.41) is 8.63. The Balaban J connectivity index is 2.22. The highest BCUT2D eigenvalue weighted by Crippen LogP contribution is 2.17. The second-order valence-corrected chi connectivity index (χ2v) is 4.10. The van der Waals surface area contributed by atoms with Crippen LogP contribution in [0.3, 0.4) is 0 Å². The third-order valence-electron chi connectivity index (χ3n) is 2.71. The highest BCUT2D eigenvalue weighted by Gasteiger charge is 2.16. The maximum atomic E-state index is 13.7. The molecule has 0 spiro atoms. The van der Waals surface area contributed by atoms with Crippen molar-refractivity contribution in [3.63, 3.8) is 0 Å². The maximum absolute atomic E-state index is 13.7. The van der Waals surface area contributed by atoms with Gasteiger partial charge in [-0.15, -0.1) is 5.10 Å². The van der Waals surface area contributed by atoms with Crippen LogP contribution in [0.1, 0.15) is 33.7 Å². The van der Waals surface area contributed by atoms with Crippen molar-refractivity contribution >= 4 is 17.6 Å². The van der Waals surface area contributed by atoms with E-state index in [1.54, 1.807) is 0 Å². The van der Waals surface area contributed by atoms with Crippen molar-refractivity contribution in [2.75, 3.05) is 12.4 Å². The third kappa shape index (κ3) is 3.22. The molecule has 0 saturated heterocycles. The van der Waals surface area contributed by atoms with Crippen LogP contribution in [-0.2, 0) is 11.2 Å². The maximum Gasteiger partial charge on any atom is 0.337 e. The summed E-state index contributed by atoms with van der Waals surface area (Å²) in [6.45, 7) is 1.85. The Bertz CT molecular complexity index is 684. The first-order valence-corrected chi connectivity index (χ1v) is 6.15. The number of methoxy groups -OCH3 is 1. The first-order valence-electron chi connectivity index (χ1n) is 6.15. The molecule has 0 radical (unpaired) electrons. The van der Waals surface area contributed by atoms with Crippen molar-refractivity contribution in [2.24, 2.45) is 0 Å². The van der Waals surface area contributed by atoms with Gasteiger partial charge in [-0.1, -0.05) is 6.92 Å². The van der Waals surface area contributed by atoms with Crippen LogP contribution >= 0.6 is 0 Å². The highest BCUT2D eigenvalue weighted by molar-refractivity contribution is 6.02. The van der Waals surface area contributed by atoms with E-state index in [-0.39, 0.29) is 17.1 Å². The molecule has 1 heterocycles. The number of halogens is 1. The van der Waals surface area contributed by atoms with Crippen LogP contribution in [0.25, 0.3) is 0 Å². The van der Waals surface area contributed by atoms with E-state index in [4.69, 9.17) is 0 Å². The van der Waals surface area contributed by atoms with Crippen LogP contribution in [0.15, 0.2) is 18.2 Å². The smallest absolute Gasteiger partial charge is 0.337 e. The van der Waals surface area contributed by atoms with Gasteiger partial charge in [-0.05, 0) is 18.2 Å². The summed E-state index contributed by atoms with van der Waals surface area (Å²) >= 11 is 0. The van der Waals surface area contributed by atoms with Gasteiger partial charge in [0, 0.05) is 6.42 Å². The predicted molar refractivity (Wildman–Crippen MR) is 71.5 cm³/mol. The summed E-state index contributed by atoms with van der Waals surface area (Å²) in [7, 11) is 1.21. The Morgan fingerprint density at radius 3 is 2.81 bits per heavy atom. The molecule has 21 heavy (non-hydrogen) atoms. The van der Waals surface area contributed by atoms with Crippen molar-refractivity contribution in [1.82, 2.24) is 15.2 Å². The van der Waals surface area contributed by atoms with Crippen LogP contribution in [0.4, 0.5) is 10.1 Å². The molecule has 110 valence electrons. The summed E-state index contributed by atoms with van der Waals surface area (Å²) in [5.74, 6) is -1.54. The van der Waals surface area contributed by atoms with E-state index < -0.39 is 17.7 Å². The Morgan fingerprint density at radius 2 is 2.19 bits per heavy atom. The Labute approximate surface area is 119 Å². The molecule has 0 aliphatic carbocycles. The molecule has 2 rings (SSSR count). The molecule has 0 unspecified atom stereocenters. The largest absolute Gasteiger partial charge is 0.465 e. The number of hydrogen-bond donors (Lipinski definition) is 2. The van der Waals surface area contributed by atoms with Crippen LogP contribution < -0.4 is 5.32 Å². The molecule has 0 bridgehead atoms. The fourth-order valence-corrected chi connectivity index (χ4v) is 1.60. The summed E-state index contributed by atoms with van der Waals surface area (Å²) in [6, 6.07) is 3.52. The molecule has 0 aliphatic rings. The Hall–Kier alpha value is -2.77. The van der Waals surface area contributed by atoms with Gasteiger partial charge in [-0.25, -0.2) is 14.2 Å². The molecular weight excluding hydrogens is 279 g/mol. The monoisotopic (exact) mass is 292 g/mol. The fourth-order valence-electron chi connectivity index (χ4n) is 1.60. The second-order valence-electron chi connectivity index (χ2n) is 4.10. The number of aromatic nitrogens is 3. The van der Waals surface area contributed by atoms with Gasteiger partial charge in [0.1, 0.15) is 11.6 Å². The predicted octanol–water partition coefficient (Wildman–Crippen LogP) is 1.55. The fraction of sp³-hybridized carbons (Fsp3) is 0.231. The van der Waals surface area contributed by atoms with E-state index in [2.05, 4.69) is 25.2 Å². The zero-order valence-corrected chi connectivity index (χ0v) is 11.4. The number of amides is 1. The number of aryl methyl sites for hydroxylation is 1. The zero-order chi connectivity index (χ0) is 15.4. The van der Waals surface area contributed by atoms with Crippen LogP contribution in [0, 0.1) is 5.82 Å². The Kier molecular flexibility index (Phi) is 4.27. The van der Waals surface area contributed by atoms with Crippen molar-refractivity contribution < 1.29 is 18.7 Å². The number of rotatable bonds is 4. The number of benzene rings is 1. The van der Waals surface area contributed by atoms with Crippen molar-refractivity contribution in [1.29, 1.82) is 0 Å². The average Bonchev–Trinajstić information content (AvgIpc) is 2.97. The quantitative estimate of drug-likeness (QED) is 0.833. The van der Waals surface area contributed by atoms with E-state index in [9.17, 15) is 14.0 Å². The van der Waals surface area contributed by atoms with E-state index >= 15 is 0 Å². The Morgan fingerprint density at radius 1 is 1.43 bits per heavy atom. The SMILES string of the molecule is CCc1nc(C(=O)Nc2cc(C(=O)OC)ccc2F)n[nH]1. The second kappa shape index (κ2) is 6.12. The van der Waals surface area contributed by atoms with Crippen molar-refractivity contribution in [2.45, 2.75) is 13.3 Å². The number of anilines is 1. The molecule has 1 aromatic heterocycles. The number of nitrogens with zero attached hydrogens (tertiary/aromatic N) is 2. The molecule has 0 fully saturated rings. The zero-order valence-electron chi connectivity index (χ0n) is 11.4. The lowest BCUT2D eigenvalue weighted by molar-refractivity contribution is 0.0600. The van der Waals surface area contributed by atoms with Gasteiger partial charge in [0.25, 0.3) is 5.91 Å². The number of H-pyrrole nitrogens is 1. The lowest BCUT2D eigenvalue weighted by Crippen LogP contribution is -2.15. The van der Waals surface area contributed by atoms with Gasteiger partial charge in [0.15, 0.2) is 0 Å². The van der Waals surface area contributed by atoms with Gasteiger partial charge < -0.3 is 10.1 Å². The molecule has 8 heteroatoms. The molecule has 2 aromatic rings. The lowest BCUT2D eigenvalue weighted by Gasteiger charge is -2.06. The minimum Gasteiger partial charge on any atom is -0.465 e. The van der Waals surface area contributed by atoms with Crippen LogP contribution in [-0.4, -0.2) is 34.2 Å². The minimum absolute atomic E-state index is 0.102. The molecular formula is C13H13FN4O3. The summed E-state index contributed by atoms with van der Waals surface area (Å²) in [6.07, 6.45) is 0.590. The minimum atomic E-state index is -0.678. The van der Waals surface area contributed by atoms with Crippen molar-refractivity contribution in [3.05, 3.63) is 41.2 Å². The number of hydrogen-bond acceptors (Lipinski definition) is 5. The number of carbonyl (C=O) groups excluding carboxylic acids is 2. The van der Waals surface area contributed by atoms with Gasteiger partial charge >= 0.3 is 5.97 Å². The number of esters is 1. The average molecular weight is 292 g/mol. The highest BCUT2D eigenvalue weighted by atomic mass is 19.1. The van der Waals surface area contributed by atoms with Gasteiger partial charge in [0.05, 0.1) is 18.4 Å². The van der Waals surface area contributed by atoms with Crippen LogP contribution in [0.2, 0.25) is 0 Å². The number of ether oxygens (including phenoxy) is 1. The molecule has 1 amide bonds. The molecule has 2 N–H and O–H groups in total. The topological polar surface area (TPSA) is 97.0 Å². The first kappa shape index (κ1) is 14.6. The first-order chi connectivity index (χ1) is 10.0. The lowest BCUT2D eigenvalue weighted by atomic mass is 10.2. The summed E-state index contributed by atoms with van der Waals surface area (Å²) in [4.78, 5) is 27.2. The normalized spacial score (nSPS) is 10.2. The number of nitrogens with one attached hydrogen (secondary N) is 2. The molecule has 0 aliphatic heterocycles. The molecule has 0 atom stereocenters. The molecule has 7 nitrogen and oxygen atoms in total.